The van der Waals surface area contributed by atoms with Gasteiger partial charge in [-0.2, -0.15) is 0 Å². The number of carboxylic acids is 1. The number of aliphatic carboxylic acids is 1. The topological polar surface area (TPSA) is 88.7 Å². The van der Waals surface area contributed by atoms with E-state index in [4.69, 9.17) is 19.3 Å². The van der Waals surface area contributed by atoms with Crippen LogP contribution in [-0.2, 0) is 23.8 Å². The van der Waals surface area contributed by atoms with Crippen molar-refractivity contribution in [3.8, 4) is 0 Å². The number of carbonyl (C=O) groups excluding carboxylic acids is 1. The fourth-order valence-corrected chi connectivity index (χ4v) is 7.70. The van der Waals surface area contributed by atoms with E-state index < -0.39 is 5.97 Å². The monoisotopic (exact) mass is 651 g/mol. The molecule has 0 radical (unpaired) electrons. The molecular weight excluding hydrogens is 576 g/mol. The highest BCUT2D eigenvalue weighted by Crippen LogP contribution is 2.46. The second kappa shape index (κ2) is 25.8. The summed E-state index contributed by atoms with van der Waals surface area (Å²) in [6, 6.07) is 0. The lowest BCUT2D eigenvalue weighted by atomic mass is 9.80. The summed E-state index contributed by atoms with van der Waals surface area (Å²) >= 11 is 0. The SMILES string of the molecule is CCCCCCCCOC(=O)C(CCCCCCCC)CCCCCC1OC1C(CC)C(CC)C1OC1CCCCCCC(=O)O. The largest absolute Gasteiger partial charge is 0.481 e. The van der Waals surface area contributed by atoms with E-state index in [1.807, 2.05) is 0 Å². The molecule has 2 fully saturated rings. The molecule has 7 atom stereocenters. The number of unbranched alkanes of at least 4 members (excludes halogenated alkanes) is 15. The Morgan fingerprint density at radius 2 is 1.02 bits per heavy atom. The zero-order chi connectivity index (χ0) is 33.4. The molecule has 2 aliphatic heterocycles. The third-order valence-electron chi connectivity index (χ3n) is 10.7. The average molecular weight is 651 g/mol. The number of carboxylic acid groups (broad SMARTS) is 1. The second-order valence-corrected chi connectivity index (χ2v) is 14.6. The van der Waals surface area contributed by atoms with Crippen LogP contribution < -0.4 is 0 Å². The van der Waals surface area contributed by atoms with E-state index in [0.717, 1.165) is 83.5 Å². The highest BCUT2D eigenvalue weighted by atomic mass is 16.6. The summed E-state index contributed by atoms with van der Waals surface area (Å²) < 4.78 is 18.2. The van der Waals surface area contributed by atoms with Crippen LogP contribution in [0.15, 0.2) is 0 Å². The molecule has 2 rings (SSSR count). The first-order chi connectivity index (χ1) is 22.5. The minimum absolute atomic E-state index is 0.0582. The van der Waals surface area contributed by atoms with Gasteiger partial charge in [0.25, 0.3) is 0 Å². The van der Waals surface area contributed by atoms with Crippen molar-refractivity contribution < 1.29 is 28.9 Å². The van der Waals surface area contributed by atoms with E-state index in [9.17, 15) is 9.59 Å². The fourth-order valence-electron chi connectivity index (χ4n) is 7.70. The summed E-state index contributed by atoms with van der Waals surface area (Å²) in [6.07, 6.45) is 30.6. The molecule has 2 aliphatic rings. The molecule has 0 spiro atoms. The number of rotatable bonds is 33. The Balaban J connectivity index is 1.65. The normalized spacial score (nSPS) is 22.3. The van der Waals surface area contributed by atoms with Crippen LogP contribution in [0.2, 0.25) is 0 Å². The van der Waals surface area contributed by atoms with Crippen molar-refractivity contribution in [3.63, 3.8) is 0 Å². The van der Waals surface area contributed by atoms with Gasteiger partial charge >= 0.3 is 11.9 Å². The van der Waals surface area contributed by atoms with Crippen LogP contribution in [0.5, 0.6) is 0 Å². The van der Waals surface area contributed by atoms with Gasteiger partial charge < -0.3 is 19.3 Å². The second-order valence-electron chi connectivity index (χ2n) is 14.6. The first kappa shape index (κ1) is 41.0. The van der Waals surface area contributed by atoms with Crippen molar-refractivity contribution >= 4 is 11.9 Å². The van der Waals surface area contributed by atoms with E-state index in [1.54, 1.807) is 0 Å². The van der Waals surface area contributed by atoms with Gasteiger partial charge in [-0.15, -0.1) is 0 Å². The Hall–Kier alpha value is -1.14. The first-order valence-electron chi connectivity index (χ1n) is 20.2. The first-order valence-corrected chi connectivity index (χ1v) is 20.2. The maximum absolute atomic E-state index is 13.0. The summed E-state index contributed by atoms with van der Waals surface area (Å²) in [4.78, 5) is 23.7. The molecule has 0 bridgehead atoms. The average Bonchev–Trinajstić information content (AvgIpc) is 3.98. The van der Waals surface area contributed by atoms with Crippen molar-refractivity contribution in [2.24, 2.45) is 17.8 Å². The van der Waals surface area contributed by atoms with Crippen LogP contribution in [0.3, 0.4) is 0 Å². The molecule has 7 unspecified atom stereocenters. The summed E-state index contributed by atoms with van der Waals surface area (Å²) in [7, 11) is 0. The Kier molecular flexibility index (Phi) is 23.0. The summed E-state index contributed by atoms with van der Waals surface area (Å²) in [6.45, 7) is 9.70. The summed E-state index contributed by atoms with van der Waals surface area (Å²) in [5.74, 6) is 0.585. The van der Waals surface area contributed by atoms with Gasteiger partial charge in [-0.3, -0.25) is 9.59 Å². The molecule has 6 nitrogen and oxygen atoms in total. The lowest BCUT2D eigenvalue weighted by Gasteiger charge is -2.22. The molecule has 0 saturated carbocycles. The van der Waals surface area contributed by atoms with Crippen molar-refractivity contribution in [2.75, 3.05) is 6.61 Å². The Morgan fingerprint density at radius 3 is 1.52 bits per heavy atom. The Morgan fingerprint density at radius 1 is 0.587 bits per heavy atom. The van der Waals surface area contributed by atoms with E-state index in [-0.39, 0.29) is 18.3 Å². The van der Waals surface area contributed by atoms with Gasteiger partial charge in [0.2, 0.25) is 0 Å². The number of hydrogen-bond acceptors (Lipinski definition) is 5. The molecule has 6 heteroatoms. The number of esters is 1. The van der Waals surface area contributed by atoms with Crippen LogP contribution >= 0.6 is 0 Å². The van der Waals surface area contributed by atoms with Crippen LogP contribution in [0.25, 0.3) is 0 Å². The zero-order valence-electron chi connectivity index (χ0n) is 30.6. The lowest BCUT2D eigenvalue weighted by Crippen LogP contribution is -2.26. The van der Waals surface area contributed by atoms with Crippen LogP contribution in [0.1, 0.15) is 195 Å². The van der Waals surface area contributed by atoms with Gasteiger partial charge in [0, 0.05) is 6.42 Å². The quantitative estimate of drug-likeness (QED) is 0.0432. The third-order valence-corrected chi connectivity index (χ3v) is 10.7. The number of carbonyl (C=O) groups is 2. The van der Waals surface area contributed by atoms with Crippen LogP contribution in [0.4, 0.5) is 0 Å². The minimum Gasteiger partial charge on any atom is -0.481 e. The molecule has 2 heterocycles. The molecule has 0 aromatic heterocycles. The van der Waals surface area contributed by atoms with Crippen molar-refractivity contribution in [2.45, 2.75) is 219 Å². The van der Waals surface area contributed by atoms with Gasteiger partial charge in [-0.1, -0.05) is 150 Å². The third kappa shape index (κ3) is 17.9. The predicted molar refractivity (Wildman–Crippen MR) is 189 cm³/mol. The number of ether oxygens (including phenoxy) is 3. The van der Waals surface area contributed by atoms with E-state index in [1.165, 1.54) is 77.0 Å². The van der Waals surface area contributed by atoms with E-state index in [0.29, 0.717) is 42.9 Å². The van der Waals surface area contributed by atoms with E-state index >= 15 is 0 Å². The molecule has 0 aliphatic carbocycles. The molecule has 46 heavy (non-hydrogen) atoms. The van der Waals surface area contributed by atoms with Crippen LogP contribution in [-0.4, -0.2) is 48.1 Å². The van der Waals surface area contributed by atoms with Crippen molar-refractivity contribution in [1.29, 1.82) is 0 Å². The smallest absolute Gasteiger partial charge is 0.308 e. The highest BCUT2D eigenvalue weighted by molar-refractivity contribution is 5.72. The number of hydrogen-bond donors (Lipinski definition) is 1. The fraction of sp³-hybridized carbons (Fsp3) is 0.950. The lowest BCUT2D eigenvalue weighted by molar-refractivity contribution is -0.149. The standard InChI is InChI=1S/C40H74O6/c1-5-9-11-13-15-20-26-32(40(43)44-31-25-18-14-12-10-6-2)27-21-19-23-29-36-39(46-36)34(8-4)33(7-3)38-35(45-38)28-22-16-17-24-30-37(41)42/h32-36,38-39H,5-31H2,1-4H3,(H,41,42). The molecule has 0 aromatic carbocycles. The van der Waals surface area contributed by atoms with Crippen molar-refractivity contribution in [3.05, 3.63) is 0 Å². The van der Waals surface area contributed by atoms with Crippen molar-refractivity contribution in [1.82, 2.24) is 0 Å². The van der Waals surface area contributed by atoms with Gasteiger partial charge in [0.05, 0.1) is 36.9 Å². The van der Waals surface area contributed by atoms with E-state index in [2.05, 4.69) is 27.7 Å². The zero-order valence-corrected chi connectivity index (χ0v) is 30.6. The summed E-state index contributed by atoms with van der Waals surface area (Å²) in [5.41, 5.74) is 0. The summed E-state index contributed by atoms with van der Waals surface area (Å²) in [5, 5.41) is 8.80. The highest BCUT2D eigenvalue weighted by Gasteiger charge is 2.52. The molecule has 270 valence electrons. The molecule has 1 N–H and O–H groups in total. The van der Waals surface area contributed by atoms with Crippen LogP contribution in [0, 0.1) is 17.8 Å². The molecule has 2 saturated heterocycles. The molecule has 0 aromatic rings. The van der Waals surface area contributed by atoms with Gasteiger partial charge in [-0.05, 0) is 50.4 Å². The molecular formula is C40H74O6. The maximum Gasteiger partial charge on any atom is 0.308 e. The number of epoxide rings is 2. The van der Waals surface area contributed by atoms with Gasteiger partial charge in [0.15, 0.2) is 0 Å². The molecule has 0 amide bonds. The Bertz CT molecular complexity index is 771. The Labute approximate surface area is 283 Å². The maximum atomic E-state index is 13.0. The van der Waals surface area contributed by atoms with Gasteiger partial charge in [-0.25, -0.2) is 0 Å². The van der Waals surface area contributed by atoms with Gasteiger partial charge in [0.1, 0.15) is 0 Å². The minimum atomic E-state index is -0.689. The predicted octanol–water partition coefficient (Wildman–Crippen LogP) is 11.2.